The number of alkyl halides is 2. The van der Waals surface area contributed by atoms with Crippen molar-refractivity contribution >= 4 is 28.6 Å². The van der Waals surface area contributed by atoms with Gasteiger partial charge >= 0.3 is 5.97 Å². The predicted molar refractivity (Wildman–Crippen MR) is 57.8 cm³/mol. The number of ether oxygens (including phenoxy) is 1. The minimum Gasteiger partial charge on any atom is -0.462 e. The van der Waals surface area contributed by atoms with E-state index in [9.17, 15) is 18.0 Å². The van der Waals surface area contributed by atoms with Gasteiger partial charge in [-0.3, -0.25) is 0 Å². The molecule has 0 aliphatic heterocycles. The first kappa shape index (κ1) is 13.2. The molecule has 0 unspecified atom stereocenters. The van der Waals surface area contributed by atoms with Crippen molar-refractivity contribution in [2.75, 3.05) is 6.61 Å². The number of rotatable bonds is 3. The second-order valence-corrected chi connectivity index (χ2v) is 3.73. The summed E-state index contributed by atoms with van der Waals surface area (Å²) in [5.74, 6) is -2.20. The molecule has 0 aliphatic rings. The number of halogens is 4. The standard InChI is InChI=1S/C9H7F3INO2/c1-2-16-9(15)6-5(7(11)12)4(10)3-14-8(6)13/h3,7H,2H2,1H3. The minimum atomic E-state index is -3.09. The second kappa shape index (κ2) is 5.46. The first-order valence-corrected chi connectivity index (χ1v) is 5.36. The van der Waals surface area contributed by atoms with Crippen molar-refractivity contribution in [1.29, 1.82) is 0 Å². The van der Waals surface area contributed by atoms with Crippen LogP contribution in [0.25, 0.3) is 0 Å². The van der Waals surface area contributed by atoms with Gasteiger partial charge in [0.1, 0.15) is 9.26 Å². The molecule has 0 saturated carbocycles. The van der Waals surface area contributed by atoms with Gasteiger partial charge in [-0.2, -0.15) is 0 Å². The van der Waals surface area contributed by atoms with Gasteiger partial charge in [0.25, 0.3) is 6.43 Å². The molecule has 1 aromatic rings. The molecular weight excluding hydrogens is 338 g/mol. The summed E-state index contributed by atoms with van der Waals surface area (Å²) in [5, 5.41) is 0. The fraction of sp³-hybridized carbons (Fsp3) is 0.333. The first-order valence-electron chi connectivity index (χ1n) is 4.28. The molecule has 0 radical (unpaired) electrons. The van der Waals surface area contributed by atoms with Crippen LogP contribution in [0.1, 0.15) is 29.3 Å². The Hall–Kier alpha value is -0.860. The lowest BCUT2D eigenvalue weighted by molar-refractivity contribution is 0.0511. The molecule has 0 aliphatic carbocycles. The fourth-order valence-electron chi connectivity index (χ4n) is 1.09. The fourth-order valence-corrected chi connectivity index (χ4v) is 1.74. The third-order valence-electron chi connectivity index (χ3n) is 1.72. The molecular formula is C9H7F3INO2. The summed E-state index contributed by atoms with van der Waals surface area (Å²) in [6.45, 7) is 1.55. The molecule has 7 heteroatoms. The maximum Gasteiger partial charge on any atom is 0.341 e. The molecule has 0 bridgehead atoms. The smallest absolute Gasteiger partial charge is 0.341 e. The Morgan fingerprint density at radius 1 is 1.62 bits per heavy atom. The van der Waals surface area contributed by atoms with Crippen molar-refractivity contribution in [2.45, 2.75) is 13.3 Å². The molecule has 0 fully saturated rings. The number of aromatic nitrogens is 1. The van der Waals surface area contributed by atoms with Crippen molar-refractivity contribution in [3.05, 3.63) is 26.8 Å². The van der Waals surface area contributed by atoms with Gasteiger partial charge in [-0.25, -0.2) is 22.9 Å². The second-order valence-electron chi connectivity index (χ2n) is 2.71. The van der Waals surface area contributed by atoms with Crippen LogP contribution in [-0.4, -0.2) is 17.6 Å². The van der Waals surface area contributed by atoms with Crippen molar-refractivity contribution in [2.24, 2.45) is 0 Å². The van der Waals surface area contributed by atoms with Crippen LogP contribution in [-0.2, 0) is 4.74 Å². The van der Waals surface area contributed by atoms with E-state index in [1.807, 2.05) is 0 Å². The molecule has 0 amide bonds. The van der Waals surface area contributed by atoms with E-state index in [2.05, 4.69) is 9.72 Å². The monoisotopic (exact) mass is 345 g/mol. The normalized spacial score (nSPS) is 10.6. The zero-order valence-electron chi connectivity index (χ0n) is 8.14. The van der Waals surface area contributed by atoms with Gasteiger partial charge < -0.3 is 4.74 Å². The molecule has 16 heavy (non-hydrogen) atoms. The van der Waals surface area contributed by atoms with Gasteiger partial charge in [0.05, 0.1) is 18.4 Å². The van der Waals surface area contributed by atoms with E-state index in [0.29, 0.717) is 6.20 Å². The van der Waals surface area contributed by atoms with Crippen LogP contribution in [0.15, 0.2) is 6.20 Å². The molecule has 88 valence electrons. The number of carbonyl (C=O) groups is 1. The van der Waals surface area contributed by atoms with E-state index < -0.39 is 29.3 Å². The molecule has 0 spiro atoms. The summed E-state index contributed by atoms with van der Waals surface area (Å²) in [4.78, 5) is 14.9. The van der Waals surface area contributed by atoms with Gasteiger partial charge in [0.2, 0.25) is 0 Å². The average molecular weight is 345 g/mol. The summed E-state index contributed by atoms with van der Waals surface area (Å²) in [6.07, 6.45) is -2.43. The predicted octanol–water partition coefficient (Wildman–Crippen LogP) is 2.94. The Morgan fingerprint density at radius 3 is 2.75 bits per heavy atom. The van der Waals surface area contributed by atoms with E-state index in [-0.39, 0.29) is 10.3 Å². The van der Waals surface area contributed by atoms with Crippen LogP contribution in [0.4, 0.5) is 13.2 Å². The van der Waals surface area contributed by atoms with Crippen LogP contribution >= 0.6 is 22.6 Å². The molecule has 1 aromatic heterocycles. The molecule has 0 N–H and O–H groups in total. The first-order chi connectivity index (χ1) is 7.49. The van der Waals surface area contributed by atoms with E-state index in [0.717, 1.165) is 0 Å². The number of hydrogen-bond donors (Lipinski definition) is 0. The largest absolute Gasteiger partial charge is 0.462 e. The highest BCUT2D eigenvalue weighted by atomic mass is 127. The quantitative estimate of drug-likeness (QED) is 0.480. The average Bonchev–Trinajstić information content (AvgIpc) is 2.20. The van der Waals surface area contributed by atoms with E-state index in [4.69, 9.17) is 0 Å². The van der Waals surface area contributed by atoms with Crippen LogP contribution in [0.5, 0.6) is 0 Å². The summed E-state index contributed by atoms with van der Waals surface area (Å²) >= 11 is 1.58. The third-order valence-corrected chi connectivity index (χ3v) is 2.54. The zero-order valence-corrected chi connectivity index (χ0v) is 10.3. The number of pyridine rings is 1. The summed E-state index contributed by atoms with van der Waals surface area (Å²) in [6, 6.07) is 0. The molecule has 1 rings (SSSR count). The highest BCUT2D eigenvalue weighted by Gasteiger charge is 2.27. The number of nitrogens with zero attached hydrogens (tertiary/aromatic N) is 1. The lowest BCUT2D eigenvalue weighted by Crippen LogP contribution is -2.13. The van der Waals surface area contributed by atoms with Crippen molar-refractivity contribution in [1.82, 2.24) is 4.98 Å². The number of hydrogen-bond acceptors (Lipinski definition) is 3. The van der Waals surface area contributed by atoms with Crippen molar-refractivity contribution < 1.29 is 22.7 Å². The Bertz CT molecular complexity index is 412. The van der Waals surface area contributed by atoms with Crippen LogP contribution in [0.2, 0.25) is 0 Å². The van der Waals surface area contributed by atoms with Crippen molar-refractivity contribution in [3.63, 3.8) is 0 Å². The Balaban J connectivity index is 3.34. The van der Waals surface area contributed by atoms with E-state index in [1.165, 1.54) is 6.92 Å². The Labute approximate surface area is 103 Å². The van der Waals surface area contributed by atoms with Gasteiger partial charge in [0.15, 0.2) is 5.82 Å². The summed E-state index contributed by atoms with van der Waals surface area (Å²) < 4.78 is 42.9. The molecule has 0 saturated heterocycles. The highest BCUT2D eigenvalue weighted by molar-refractivity contribution is 14.1. The van der Waals surface area contributed by atoms with Crippen LogP contribution in [0, 0.1) is 9.52 Å². The van der Waals surface area contributed by atoms with E-state index >= 15 is 0 Å². The maximum atomic E-state index is 13.1. The lowest BCUT2D eigenvalue weighted by atomic mass is 10.1. The maximum absolute atomic E-state index is 13.1. The van der Waals surface area contributed by atoms with Crippen LogP contribution < -0.4 is 0 Å². The third kappa shape index (κ3) is 2.63. The topological polar surface area (TPSA) is 39.2 Å². The minimum absolute atomic E-state index is 0.00671. The molecule has 0 aromatic carbocycles. The zero-order chi connectivity index (χ0) is 12.3. The van der Waals surface area contributed by atoms with Gasteiger partial charge in [-0.05, 0) is 29.5 Å². The molecule has 1 heterocycles. The van der Waals surface area contributed by atoms with Gasteiger partial charge in [-0.15, -0.1) is 0 Å². The van der Waals surface area contributed by atoms with Gasteiger partial charge in [0, 0.05) is 0 Å². The summed E-state index contributed by atoms with van der Waals surface area (Å²) in [7, 11) is 0. The SMILES string of the molecule is CCOC(=O)c1c(I)ncc(F)c1C(F)F. The Morgan fingerprint density at radius 2 is 2.25 bits per heavy atom. The van der Waals surface area contributed by atoms with Crippen molar-refractivity contribution in [3.8, 4) is 0 Å². The number of esters is 1. The van der Waals surface area contributed by atoms with Crippen LogP contribution in [0.3, 0.4) is 0 Å². The highest BCUT2D eigenvalue weighted by Crippen LogP contribution is 2.28. The van der Waals surface area contributed by atoms with Gasteiger partial charge in [-0.1, -0.05) is 0 Å². The summed E-state index contributed by atoms with van der Waals surface area (Å²) in [5.41, 5.74) is -1.46. The van der Waals surface area contributed by atoms with E-state index in [1.54, 1.807) is 22.6 Å². The lowest BCUT2D eigenvalue weighted by Gasteiger charge is -2.10. The Kier molecular flexibility index (Phi) is 4.51. The molecule has 0 atom stereocenters. The molecule has 3 nitrogen and oxygen atoms in total. The number of carbonyl (C=O) groups excluding carboxylic acids is 1.